The van der Waals surface area contributed by atoms with Gasteiger partial charge in [0.1, 0.15) is 0 Å². The molecule has 0 unspecified atom stereocenters. The number of aromatic nitrogens is 2. The van der Waals surface area contributed by atoms with Crippen LogP contribution in [0.25, 0.3) is 45.0 Å². The zero-order valence-electron chi connectivity index (χ0n) is 23.4. The molecule has 2 heterocycles. The van der Waals surface area contributed by atoms with Crippen LogP contribution in [-0.2, 0) is 5.41 Å². The van der Waals surface area contributed by atoms with E-state index in [1.807, 2.05) is 54.6 Å². The topological polar surface area (TPSA) is 49.6 Å². The maximum atomic E-state index is 10.4. The first kappa shape index (κ1) is 26.0. The molecule has 0 bridgehead atoms. The van der Waals surface area contributed by atoms with Crippen molar-refractivity contribution in [2.45, 2.75) is 29.1 Å². The number of hydrogen-bond donors (Lipinski definition) is 0. The summed E-state index contributed by atoms with van der Waals surface area (Å²) in [6.45, 7) is 4.52. The average molecular weight is 558 g/mol. The van der Waals surface area contributed by atoms with Gasteiger partial charge in [0.25, 0.3) is 0 Å². The minimum Gasteiger partial charge on any atom is -0.228 e. The molecule has 0 aliphatic carbocycles. The molecule has 0 saturated carbocycles. The van der Waals surface area contributed by atoms with Crippen molar-refractivity contribution in [3.8, 4) is 51.1 Å². The number of nitriles is 1. The quantitative estimate of drug-likeness (QED) is 0.216. The summed E-state index contributed by atoms with van der Waals surface area (Å²) >= 11 is 1.73. The summed E-state index contributed by atoms with van der Waals surface area (Å²) in [6.07, 6.45) is 0. The maximum absolute atomic E-state index is 10.4. The van der Waals surface area contributed by atoms with Crippen LogP contribution in [0.15, 0.2) is 137 Å². The molecule has 4 heteroatoms. The average Bonchev–Trinajstić information content (AvgIpc) is 3.05. The normalized spacial score (nSPS) is 13.1. The van der Waals surface area contributed by atoms with Gasteiger partial charge in [0.2, 0.25) is 0 Å². The lowest BCUT2D eigenvalue weighted by Gasteiger charge is -2.35. The fraction of sp³-hybridized carbons (Fsp3) is 0.0789. The predicted molar refractivity (Wildman–Crippen MR) is 171 cm³/mol. The third-order valence-corrected chi connectivity index (χ3v) is 9.15. The minimum atomic E-state index is -0.224. The summed E-state index contributed by atoms with van der Waals surface area (Å²) < 4.78 is 0. The summed E-state index contributed by atoms with van der Waals surface area (Å²) in [7, 11) is 0. The van der Waals surface area contributed by atoms with Crippen molar-refractivity contribution in [1.29, 1.82) is 5.26 Å². The molecule has 0 N–H and O–H groups in total. The van der Waals surface area contributed by atoms with Gasteiger partial charge in [0, 0.05) is 31.9 Å². The number of nitrogens with zero attached hydrogens (tertiary/aromatic N) is 3. The highest BCUT2D eigenvalue weighted by Crippen LogP contribution is 2.50. The molecule has 0 spiro atoms. The van der Waals surface area contributed by atoms with Gasteiger partial charge in [-0.15, -0.1) is 0 Å². The molecular formula is C38H27N3S. The highest BCUT2D eigenvalue weighted by molar-refractivity contribution is 7.99. The molecular weight excluding hydrogens is 531 g/mol. The van der Waals surface area contributed by atoms with Crippen molar-refractivity contribution in [2.24, 2.45) is 0 Å². The first-order chi connectivity index (χ1) is 20.5. The minimum absolute atomic E-state index is 0.224. The lowest BCUT2D eigenvalue weighted by molar-refractivity contribution is 0.607. The summed E-state index contributed by atoms with van der Waals surface area (Å²) in [6, 6.07) is 46.0. The van der Waals surface area contributed by atoms with Crippen molar-refractivity contribution < 1.29 is 0 Å². The lowest BCUT2D eigenvalue weighted by atomic mass is 9.76. The highest BCUT2D eigenvalue weighted by Gasteiger charge is 2.34. The second-order valence-corrected chi connectivity index (χ2v) is 12.1. The standard InChI is InChI=1S/C38H27N3S/c1-38(2)31-19-11-12-20-35(31)42-36-21-27(24-39)30(22-32(36)38)34-23-33(40-37(41-34)26-15-7-4-8-16-26)29-18-10-9-17-28(29)25-13-5-3-6-14-25/h3-23H,1-2H3. The molecule has 1 aliphatic heterocycles. The van der Waals surface area contributed by atoms with Crippen LogP contribution in [-0.4, -0.2) is 9.97 Å². The zero-order valence-corrected chi connectivity index (χ0v) is 24.2. The Balaban J connectivity index is 1.47. The van der Waals surface area contributed by atoms with Crippen LogP contribution in [0, 0.1) is 11.3 Å². The first-order valence-corrected chi connectivity index (χ1v) is 14.8. The van der Waals surface area contributed by atoms with E-state index in [2.05, 4.69) is 92.7 Å². The molecule has 0 radical (unpaired) electrons. The van der Waals surface area contributed by atoms with Gasteiger partial charge in [-0.2, -0.15) is 5.26 Å². The predicted octanol–water partition coefficient (Wildman–Crippen LogP) is 9.81. The van der Waals surface area contributed by atoms with Crippen LogP contribution in [0.2, 0.25) is 0 Å². The molecule has 1 aromatic heterocycles. The van der Waals surface area contributed by atoms with E-state index in [9.17, 15) is 5.26 Å². The van der Waals surface area contributed by atoms with E-state index in [4.69, 9.17) is 9.97 Å². The van der Waals surface area contributed by atoms with Crippen molar-refractivity contribution in [3.05, 3.63) is 144 Å². The van der Waals surface area contributed by atoms with Gasteiger partial charge in [-0.1, -0.05) is 129 Å². The second kappa shape index (κ2) is 10.4. The van der Waals surface area contributed by atoms with Gasteiger partial charge >= 0.3 is 0 Å². The monoisotopic (exact) mass is 557 g/mol. The van der Waals surface area contributed by atoms with Crippen LogP contribution in [0.4, 0.5) is 0 Å². The molecule has 0 atom stereocenters. The molecule has 6 aromatic rings. The van der Waals surface area contributed by atoms with Crippen molar-refractivity contribution >= 4 is 11.8 Å². The molecule has 0 amide bonds. The summed E-state index contributed by atoms with van der Waals surface area (Å²) in [5.74, 6) is 0.631. The Bertz CT molecular complexity index is 1990. The van der Waals surface area contributed by atoms with E-state index in [1.54, 1.807) is 11.8 Å². The molecule has 42 heavy (non-hydrogen) atoms. The molecule has 0 fully saturated rings. The van der Waals surface area contributed by atoms with Crippen molar-refractivity contribution in [2.75, 3.05) is 0 Å². The van der Waals surface area contributed by atoms with Gasteiger partial charge in [-0.3, -0.25) is 0 Å². The van der Waals surface area contributed by atoms with Crippen LogP contribution in [0.5, 0.6) is 0 Å². The molecule has 7 rings (SSSR count). The molecule has 0 saturated heterocycles. The lowest BCUT2D eigenvalue weighted by Crippen LogP contribution is -2.24. The summed E-state index contributed by atoms with van der Waals surface area (Å²) in [5, 5.41) is 10.4. The van der Waals surface area contributed by atoms with Gasteiger partial charge in [0.15, 0.2) is 5.82 Å². The first-order valence-electron chi connectivity index (χ1n) is 14.0. The number of rotatable bonds is 4. The maximum Gasteiger partial charge on any atom is 0.160 e. The fourth-order valence-corrected chi connectivity index (χ4v) is 7.23. The van der Waals surface area contributed by atoms with E-state index in [1.165, 1.54) is 16.0 Å². The van der Waals surface area contributed by atoms with E-state index >= 15 is 0 Å². The van der Waals surface area contributed by atoms with Gasteiger partial charge < -0.3 is 0 Å². The Kier molecular flexibility index (Phi) is 6.46. The molecule has 3 nitrogen and oxygen atoms in total. The van der Waals surface area contributed by atoms with Crippen molar-refractivity contribution in [1.82, 2.24) is 9.97 Å². The number of fused-ring (bicyclic) bond motifs is 2. The van der Waals surface area contributed by atoms with E-state index in [-0.39, 0.29) is 5.41 Å². The van der Waals surface area contributed by atoms with E-state index in [0.29, 0.717) is 11.4 Å². The Hall–Kier alpha value is -4.98. The highest BCUT2D eigenvalue weighted by atomic mass is 32.2. The number of benzene rings is 5. The van der Waals surface area contributed by atoms with E-state index in [0.717, 1.165) is 44.1 Å². The SMILES string of the molecule is CC1(C)c2ccccc2Sc2cc(C#N)c(-c3cc(-c4ccccc4-c4ccccc4)nc(-c4ccccc4)n3)cc21. The van der Waals surface area contributed by atoms with Crippen molar-refractivity contribution in [3.63, 3.8) is 0 Å². The van der Waals surface area contributed by atoms with Gasteiger partial charge in [0.05, 0.1) is 23.0 Å². The van der Waals surface area contributed by atoms with Crippen LogP contribution in [0.1, 0.15) is 30.5 Å². The Morgan fingerprint density at radius 1 is 0.571 bits per heavy atom. The van der Waals surface area contributed by atoms with E-state index < -0.39 is 0 Å². The summed E-state index contributed by atoms with van der Waals surface area (Å²) in [4.78, 5) is 12.5. The third kappa shape index (κ3) is 4.49. The zero-order chi connectivity index (χ0) is 28.7. The second-order valence-electron chi connectivity index (χ2n) is 11.0. The molecule has 200 valence electrons. The molecule has 1 aliphatic rings. The Morgan fingerprint density at radius 3 is 1.88 bits per heavy atom. The summed E-state index contributed by atoms with van der Waals surface area (Å²) in [5.41, 5.74) is 9.43. The Morgan fingerprint density at radius 2 is 1.17 bits per heavy atom. The van der Waals surface area contributed by atoms with Crippen LogP contribution < -0.4 is 0 Å². The smallest absolute Gasteiger partial charge is 0.160 e. The van der Waals surface area contributed by atoms with Crippen LogP contribution >= 0.6 is 11.8 Å². The third-order valence-electron chi connectivity index (χ3n) is 8.02. The van der Waals surface area contributed by atoms with Gasteiger partial charge in [-0.25, -0.2) is 9.97 Å². The number of hydrogen-bond acceptors (Lipinski definition) is 4. The van der Waals surface area contributed by atoms with Gasteiger partial charge in [-0.05, 0) is 46.5 Å². The Labute approximate surface area is 250 Å². The fourth-order valence-electron chi connectivity index (χ4n) is 5.81. The molecule has 5 aromatic carbocycles. The van der Waals surface area contributed by atoms with Crippen LogP contribution in [0.3, 0.4) is 0 Å². The largest absolute Gasteiger partial charge is 0.228 e.